The van der Waals surface area contributed by atoms with E-state index in [1.807, 2.05) is 0 Å². The average molecular weight is 283 g/mol. The van der Waals surface area contributed by atoms with E-state index in [2.05, 4.69) is 23.1 Å². The summed E-state index contributed by atoms with van der Waals surface area (Å²) in [5.74, 6) is 3.74. The third-order valence-electron chi connectivity index (χ3n) is 6.83. The second-order valence-electron chi connectivity index (χ2n) is 7.53. The summed E-state index contributed by atoms with van der Waals surface area (Å²) in [6.07, 6.45) is 8.64. The molecule has 1 saturated carbocycles. The summed E-state index contributed by atoms with van der Waals surface area (Å²) in [6.45, 7) is 1.33. The van der Waals surface area contributed by atoms with Gasteiger partial charge in [0.05, 0.1) is 7.11 Å². The largest absolute Gasteiger partial charge is 0.497 e. The smallest absolute Gasteiger partial charge is 0.119 e. The Hall–Kier alpha value is -1.02. The normalized spacial score (nSPS) is 40.5. The first-order valence-corrected chi connectivity index (χ1v) is 8.82. The van der Waals surface area contributed by atoms with E-state index in [0.717, 1.165) is 29.5 Å². The molecular formula is C19H25NO. The molecule has 6 rings (SSSR count). The first-order chi connectivity index (χ1) is 10.4. The zero-order chi connectivity index (χ0) is 14.0. The zero-order valence-electron chi connectivity index (χ0n) is 12.9. The van der Waals surface area contributed by atoms with Crippen molar-refractivity contribution in [2.24, 2.45) is 11.8 Å². The summed E-state index contributed by atoms with van der Waals surface area (Å²) >= 11 is 0. The third kappa shape index (κ3) is 1.57. The predicted octanol–water partition coefficient (Wildman–Crippen LogP) is 4.12. The number of piperidine rings is 2. The SMILES string of the molecule is COc1ccc2c(c1)[C@H]1[C@H]3CCC[C@H]3[C@@H]2C2CCCCN21. The molecule has 0 amide bonds. The van der Waals surface area contributed by atoms with Crippen molar-refractivity contribution in [2.45, 2.75) is 56.5 Å². The number of rotatable bonds is 1. The van der Waals surface area contributed by atoms with Gasteiger partial charge < -0.3 is 4.74 Å². The van der Waals surface area contributed by atoms with Crippen LogP contribution in [0.4, 0.5) is 0 Å². The number of hydrogen-bond acceptors (Lipinski definition) is 2. The molecule has 3 heterocycles. The fraction of sp³-hybridized carbons (Fsp3) is 0.684. The van der Waals surface area contributed by atoms with Crippen molar-refractivity contribution in [1.29, 1.82) is 0 Å². The van der Waals surface area contributed by atoms with E-state index in [0.29, 0.717) is 6.04 Å². The number of benzene rings is 1. The molecule has 0 radical (unpaired) electrons. The van der Waals surface area contributed by atoms with Crippen LogP contribution in [-0.4, -0.2) is 24.6 Å². The lowest BCUT2D eigenvalue weighted by Crippen LogP contribution is -2.58. The predicted molar refractivity (Wildman–Crippen MR) is 83.7 cm³/mol. The van der Waals surface area contributed by atoms with Gasteiger partial charge in [0.2, 0.25) is 0 Å². The number of hydrogen-bond donors (Lipinski definition) is 0. The van der Waals surface area contributed by atoms with Crippen LogP contribution in [0.3, 0.4) is 0 Å². The molecule has 1 unspecified atom stereocenters. The number of ether oxygens (including phenoxy) is 1. The van der Waals surface area contributed by atoms with Crippen molar-refractivity contribution in [3.05, 3.63) is 29.3 Å². The number of nitrogens with zero attached hydrogens (tertiary/aromatic N) is 1. The van der Waals surface area contributed by atoms with Gasteiger partial charge in [-0.3, -0.25) is 4.90 Å². The maximum atomic E-state index is 5.52. The molecule has 2 aliphatic carbocycles. The summed E-state index contributed by atoms with van der Waals surface area (Å²) in [5, 5.41) is 0. The Morgan fingerprint density at radius 3 is 2.81 bits per heavy atom. The highest BCUT2D eigenvalue weighted by Gasteiger charge is 2.56. The molecule has 0 aromatic heterocycles. The highest BCUT2D eigenvalue weighted by molar-refractivity contribution is 5.46. The molecule has 21 heavy (non-hydrogen) atoms. The molecule has 2 saturated heterocycles. The summed E-state index contributed by atoms with van der Waals surface area (Å²) in [7, 11) is 1.80. The van der Waals surface area contributed by atoms with E-state index in [9.17, 15) is 0 Å². The highest BCUT2D eigenvalue weighted by atomic mass is 16.5. The quantitative estimate of drug-likeness (QED) is 0.769. The second-order valence-corrected chi connectivity index (χ2v) is 7.53. The molecule has 1 aromatic carbocycles. The van der Waals surface area contributed by atoms with Crippen molar-refractivity contribution in [3.8, 4) is 5.75 Å². The lowest BCUT2D eigenvalue weighted by molar-refractivity contribution is -0.0441. The standard InChI is InChI=1S/C19H25NO/c1-21-12-8-9-14-16(11-12)19-15-6-4-5-13(15)18(14)17-7-2-3-10-20(17)19/h8-9,11,13,15,17-19H,2-7,10H2,1H3/t13-,15+,17?,18+,19-/m1/s1. The van der Waals surface area contributed by atoms with Crippen LogP contribution in [0.2, 0.25) is 0 Å². The first kappa shape index (κ1) is 12.5. The van der Waals surface area contributed by atoms with Crippen LogP contribution >= 0.6 is 0 Å². The Labute approximate surface area is 127 Å². The molecule has 5 aliphatic rings. The zero-order valence-corrected chi connectivity index (χ0v) is 12.9. The van der Waals surface area contributed by atoms with E-state index < -0.39 is 0 Å². The van der Waals surface area contributed by atoms with Gasteiger partial charge in [0.25, 0.3) is 0 Å². The van der Waals surface area contributed by atoms with Gasteiger partial charge in [-0.1, -0.05) is 18.9 Å². The Bertz CT molecular complexity index is 569. The van der Waals surface area contributed by atoms with Crippen molar-refractivity contribution < 1.29 is 4.74 Å². The Morgan fingerprint density at radius 1 is 1.00 bits per heavy atom. The van der Waals surface area contributed by atoms with E-state index in [1.54, 1.807) is 18.2 Å². The maximum Gasteiger partial charge on any atom is 0.119 e. The van der Waals surface area contributed by atoms with Gasteiger partial charge in [-0.15, -0.1) is 0 Å². The molecule has 5 atom stereocenters. The lowest BCUT2D eigenvalue weighted by Gasteiger charge is -2.59. The molecular weight excluding hydrogens is 258 g/mol. The fourth-order valence-electron chi connectivity index (χ4n) is 6.18. The van der Waals surface area contributed by atoms with Gasteiger partial charge >= 0.3 is 0 Å². The fourth-order valence-corrected chi connectivity index (χ4v) is 6.18. The van der Waals surface area contributed by atoms with Crippen LogP contribution in [0.5, 0.6) is 5.75 Å². The first-order valence-electron chi connectivity index (χ1n) is 8.82. The van der Waals surface area contributed by atoms with E-state index in [4.69, 9.17) is 4.74 Å². The van der Waals surface area contributed by atoms with Gasteiger partial charge in [0.1, 0.15) is 5.75 Å². The van der Waals surface area contributed by atoms with Gasteiger partial charge in [0.15, 0.2) is 0 Å². The number of methoxy groups -OCH3 is 1. The molecule has 2 bridgehead atoms. The average Bonchev–Trinajstić information content (AvgIpc) is 3.03. The molecule has 112 valence electrons. The minimum atomic E-state index is 0.692. The maximum absolute atomic E-state index is 5.52. The molecule has 3 aliphatic heterocycles. The highest BCUT2D eigenvalue weighted by Crippen LogP contribution is 2.62. The summed E-state index contributed by atoms with van der Waals surface area (Å²) in [5.41, 5.74) is 3.28. The van der Waals surface area contributed by atoms with Crippen molar-refractivity contribution in [3.63, 3.8) is 0 Å². The molecule has 0 spiro atoms. The Balaban J connectivity index is 1.69. The lowest BCUT2D eigenvalue weighted by atomic mass is 9.59. The molecule has 1 aromatic rings. The van der Waals surface area contributed by atoms with E-state index in [-0.39, 0.29) is 0 Å². The van der Waals surface area contributed by atoms with Gasteiger partial charge in [0, 0.05) is 18.0 Å². The van der Waals surface area contributed by atoms with Crippen molar-refractivity contribution in [1.82, 2.24) is 4.90 Å². The minimum absolute atomic E-state index is 0.692. The molecule has 3 fully saturated rings. The second kappa shape index (κ2) is 4.49. The summed E-state index contributed by atoms with van der Waals surface area (Å²) < 4.78 is 5.52. The summed E-state index contributed by atoms with van der Waals surface area (Å²) in [6, 6.07) is 8.47. The van der Waals surface area contributed by atoms with Crippen molar-refractivity contribution in [2.75, 3.05) is 13.7 Å². The van der Waals surface area contributed by atoms with Crippen molar-refractivity contribution >= 4 is 0 Å². The minimum Gasteiger partial charge on any atom is -0.497 e. The molecule has 0 N–H and O–H groups in total. The van der Waals surface area contributed by atoms with Crippen LogP contribution in [0, 0.1) is 11.8 Å². The van der Waals surface area contributed by atoms with Gasteiger partial charge in [-0.25, -0.2) is 0 Å². The van der Waals surface area contributed by atoms with E-state index in [1.165, 1.54) is 45.1 Å². The topological polar surface area (TPSA) is 12.5 Å². The monoisotopic (exact) mass is 283 g/mol. The molecule has 2 nitrogen and oxygen atoms in total. The van der Waals surface area contributed by atoms with Crippen LogP contribution in [0.15, 0.2) is 18.2 Å². The van der Waals surface area contributed by atoms with Crippen LogP contribution in [0.25, 0.3) is 0 Å². The Kier molecular flexibility index (Phi) is 2.67. The van der Waals surface area contributed by atoms with E-state index >= 15 is 0 Å². The van der Waals surface area contributed by atoms with Crippen LogP contribution in [-0.2, 0) is 0 Å². The van der Waals surface area contributed by atoms with Crippen LogP contribution < -0.4 is 4.74 Å². The molecule has 2 heteroatoms. The van der Waals surface area contributed by atoms with Gasteiger partial charge in [-0.2, -0.15) is 0 Å². The third-order valence-corrected chi connectivity index (χ3v) is 6.83. The van der Waals surface area contributed by atoms with Crippen LogP contribution in [0.1, 0.15) is 61.6 Å². The van der Waals surface area contributed by atoms with Gasteiger partial charge in [-0.05, 0) is 67.3 Å². The summed E-state index contributed by atoms with van der Waals surface area (Å²) in [4.78, 5) is 2.89. The Morgan fingerprint density at radius 2 is 1.90 bits per heavy atom.